The lowest BCUT2D eigenvalue weighted by Gasteiger charge is -2.10. The number of ether oxygens (including phenoxy) is 2. The first-order valence-corrected chi connectivity index (χ1v) is 7.53. The van der Waals surface area contributed by atoms with Gasteiger partial charge in [-0.05, 0) is 34.1 Å². The van der Waals surface area contributed by atoms with Crippen LogP contribution in [-0.2, 0) is 14.3 Å². The number of hydrogen-bond donors (Lipinski definition) is 0. The summed E-state index contributed by atoms with van der Waals surface area (Å²) in [5.74, 6) is -0.701. The molecule has 1 atom stereocenters. The van der Waals surface area contributed by atoms with Gasteiger partial charge in [0.2, 0.25) is 0 Å². The van der Waals surface area contributed by atoms with E-state index in [4.69, 9.17) is 21.1 Å². The van der Waals surface area contributed by atoms with Gasteiger partial charge in [0.1, 0.15) is 12.4 Å². The second-order valence-electron chi connectivity index (χ2n) is 3.68. The molecule has 1 rings (SSSR count). The van der Waals surface area contributed by atoms with Crippen LogP contribution in [0.1, 0.15) is 6.42 Å². The van der Waals surface area contributed by atoms with E-state index < -0.39 is 17.3 Å². The summed E-state index contributed by atoms with van der Waals surface area (Å²) in [4.78, 5) is 22.5. The number of hydrogen-bond acceptors (Lipinski definition) is 4. The van der Waals surface area contributed by atoms with Gasteiger partial charge in [0.25, 0.3) is 0 Å². The van der Waals surface area contributed by atoms with Crippen molar-refractivity contribution in [2.75, 3.05) is 6.61 Å². The van der Waals surface area contributed by atoms with Crippen molar-refractivity contribution in [2.24, 2.45) is 0 Å². The van der Waals surface area contributed by atoms with Crippen LogP contribution in [0.4, 0.5) is 0 Å². The fourth-order valence-corrected chi connectivity index (χ4v) is 2.51. The molecule has 0 N–H and O–H groups in total. The highest BCUT2D eigenvalue weighted by Crippen LogP contribution is 2.28. The summed E-state index contributed by atoms with van der Waals surface area (Å²) in [5.41, 5.74) is 0. The number of carbonyl (C=O) groups excluding carboxylic acids is 2. The summed E-state index contributed by atoms with van der Waals surface area (Å²) in [7, 11) is 0. The first kappa shape index (κ1) is 17.2. The van der Waals surface area contributed by atoms with E-state index in [9.17, 15) is 9.59 Å². The van der Waals surface area contributed by atoms with Gasteiger partial charge in [0, 0.05) is 10.5 Å². The average Bonchev–Trinajstić information content (AvgIpc) is 2.39. The van der Waals surface area contributed by atoms with Crippen LogP contribution in [0, 0.1) is 0 Å². The van der Waals surface area contributed by atoms with Crippen LogP contribution in [0.3, 0.4) is 0 Å². The molecule has 0 aromatic heterocycles. The smallest absolute Gasteiger partial charge is 0.330 e. The molecule has 0 aliphatic rings. The van der Waals surface area contributed by atoms with E-state index in [1.54, 1.807) is 18.2 Å². The van der Waals surface area contributed by atoms with Gasteiger partial charge in [-0.2, -0.15) is 0 Å². The minimum Gasteiger partial charge on any atom is -0.461 e. The van der Waals surface area contributed by atoms with Crippen LogP contribution < -0.4 is 4.74 Å². The summed E-state index contributed by atoms with van der Waals surface area (Å²) >= 11 is 12.5. The molecule has 0 radical (unpaired) electrons. The number of rotatable bonds is 6. The van der Waals surface area contributed by atoms with Crippen molar-refractivity contribution in [3.8, 4) is 5.75 Å². The lowest BCUT2D eigenvalue weighted by Crippen LogP contribution is -2.19. The Bertz CT molecular complexity index is 519. The van der Waals surface area contributed by atoms with E-state index in [0.717, 1.165) is 10.5 Å². The normalized spacial score (nSPS) is 11.6. The molecule has 7 heteroatoms. The molecule has 0 heterocycles. The lowest BCUT2D eigenvalue weighted by atomic mass is 10.3. The summed E-state index contributed by atoms with van der Waals surface area (Å²) in [6.45, 7) is 3.17. The Labute approximate surface area is 138 Å². The second kappa shape index (κ2) is 8.44. The molecular weight excluding hydrogens is 415 g/mol. The van der Waals surface area contributed by atoms with E-state index >= 15 is 0 Å². The quantitative estimate of drug-likeness (QED) is 0.300. The topological polar surface area (TPSA) is 52.6 Å². The number of carbonyl (C=O) groups is 2. The molecule has 0 saturated heterocycles. The number of esters is 2. The molecule has 108 valence electrons. The van der Waals surface area contributed by atoms with Gasteiger partial charge in [0.15, 0.2) is 0 Å². The minimum absolute atomic E-state index is 0.0749. The molecule has 0 aliphatic carbocycles. The fourth-order valence-electron chi connectivity index (χ4n) is 1.19. The predicted molar refractivity (Wildman–Crippen MR) is 82.9 cm³/mol. The molecule has 1 aromatic carbocycles. The van der Waals surface area contributed by atoms with E-state index in [-0.39, 0.29) is 13.0 Å². The van der Waals surface area contributed by atoms with Gasteiger partial charge < -0.3 is 9.47 Å². The maximum atomic E-state index is 11.7. The minimum atomic E-state index is -0.652. The van der Waals surface area contributed by atoms with E-state index in [1.807, 2.05) is 0 Å². The van der Waals surface area contributed by atoms with Gasteiger partial charge in [-0.15, -0.1) is 11.6 Å². The molecule has 0 fully saturated rings. The highest BCUT2D eigenvalue weighted by Gasteiger charge is 2.16. The number of alkyl halides is 1. The van der Waals surface area contributed by atoms with E-state index in [2.05, 4.69) is 38.4 Å². The zero-order chi connectivity index (χ0) is 15.1. The lowest BCUT2D eigenvalue weighted by molar-refractivity contribution is -0.140. The fraction of sp³-hybridized carbons (Fsp3) is 0.231. The SMILES string of the molecule is C=CC(=O)OCC(Cl)CC(=O)Oc1ccc(Br)cc1Br. The highest BCUT2D eigenvalue weighted by atomic mass is 79.9. The maximum Gasteiger partial charge on any atom is 0.330 e. The Hall–Kier alpha value is -0.850. The standard InChI is InChI=1S/C13H11Br2ClO4/c1-2-12(17)19-7-9(16)6-13(18)20-11-4-3-8(14)5-10(11)15/h2-5,9H,1,6-7H2. The van der Waals surface area contributed by atoms with Crippen LogP contribution in [0.5, 0.6) is 5.75 Å². The molecule has 0 amide bonds. The highest BCUT2D eigenvalue weighted by molar-refractivity contribution is 9.11. The molecule has 0 aliphatic heterocycles. The van der Waals surface area contributed by atoms with Gasteiger partial charge in [-0.25, -0.2) is 4.79 Å². The van der Waals surface area contributed by atoms with Crippen LogP contribution in [0.2, 0.25) is 0 Å². The molecular formula is C13H11Br2ClO4. The monoisotopic (exact) mass is 424 g/mol. The average molecular weight is 426 g/mol. The summed E-state index contributed by atoms with van der Waals surface area (Å²) in [6, 6.07) is 5.15. The maximum absolute atomic E-state index is 11.7. The van der Waals surface area contributed by atoms with Crippen molar-refractivity contribution in [2.45, 2.75) is 11.8 Å². The van der Waals surface area contributed by atoms with Crippen LogP contribution in [0.15, 0.2) is 39.8 Å². The summed E-state index contributed by atoms with van der Waals surface area (Å²) < 4.78 is 11.4. The Morgan fingerprint density at radius 2 is 2.10 bits per heavy atom. The Morgan fingerprint density at radius 1 is 1.40 bits per heavy atom. The largest absolute Gasteiger partial charge is 0.461 e. The van der Waals surface area contributed by atoms with Gasteiger partial charge in [-0.3, -0.25) is 4.79 Å². The Kier molecular flexibility index (Phi) is 7.26. The molecule has 0 saturated carbocycles. The Balaban J connectivity index is 2.46. The van der Waals surface area contributed by atoms with Gasteiger partial charge in [-0.1, -0.05) is 22.5 Å². The van der Waals surface area contributed by atoms with Crippen LogP contribution in [-0.4, -0.2) is 23.9 Å². The molecule has 20 heavy (non-hydrogen) atoms. The third kappa shape index (κ3) is 6.07. The van der Waals surface area contributed by atoms with Gasteiger partial charge in [0.05, 0.1) is 16.3 Å². The van der Waals surface area contributed by atoms with Crippen molar-refractivity contribution in [3.05, 3.63) is 39.8 Å². The molecule has 1 unspecified atom stereocenters. The molecule has 4 nitrogen and oxygen atoms in total. The second-order valence-corrected chi connectivity index (χ2v) is 6.07. The summed E-state index contributed by atoms with van der Waals surface area (Å²) in [5, 5.41) is -0.652. The third-order valence-corrected chi connectivity index (χ3v) is 3.47. The first-order valence-electron chi connectivity index (χ1n) is 5.51. The van der Waals surface area contributed by atoms with Gasteiger partial charge >= 0.3 is 11.9 Å². The number of benzene rings is 1. The van der Waals surface area contributed by atoms with E-state index in [0.29, 0.717) is 10.2 Å². The van der Waals surface area contributed by atoms with Crippen molar-refractivity contribution >= 4 is 55.4 Å². The first-order chi connectivity index (χ1) is 9.42. The van der Waals surface area contributed by atoms with Crippen molar-refractivity contribution in [1.29, 1.82) is 0 Å². The zero-order valence-electron chi connectivity index (χ0n) is 10.3. The van der Waals surface area contributed by atoms with Crippen molar-refractivity contribution in [3.63, 3.8) is 0 Å². The van der Waals surface area contributed by atoms with Crippen molar-refractivity contribution < 1.29 is 19.1 Å². The third-order valence-electron chi connectivity index (χ3n) is 2.08. The Morgan fingerprint density at radius 3 is 2.70 bits per heavy atom. The van der Waals surface area contributed by atoms with E-state index in [1.165, 1.54) is 0 Å². The molecule has 0 bridgehead atoms. The summed E-state index contributed by atoms with van der Waals surface area (Å²) in [6.07, 6.45) is 0.954. The van der Waals surface area contributed by atoms with Crippen LogP contribution in [0.25, 0.3) is 0 Å². The zero-order valence-corrected chi connectivity index (χ0v) is 14.2. The van der Waals surface area contributed by atoms with Crippen LogP contribution >= 0.6 is 43.5 Å². The molecule has 1 aromatic rings. The molecule has 0 spiro atoms. The van der Waals surface area contributed by atoms with Crippen molar-refractivity contribution in [1.82, 2.24) is 0 Å². The predicted octanol–water partition coefficient (Wildman–Crippen LogP) is 3.84. The number of halogens is 3.